The van der Waals surface area contributed by atoms with E-state index >= 15 is 0 Å². The van der Waals surface area contributed by atoms with Gasteiger partial charge in [-0.25, -0.2) is 9.78 Å². The van der Waals surface area contributed by atoms with Crippen LogP contribution in [0.4, 0.5) is 10.6 Å². The van der Waals surface area contributed by atoms with Crippen LogP contribution >= 0.6 is 0 Å². The zero-order chi connectivity index (χ0) is 16.5. The summed E-state index contributed by atoms with van der Waals surface area (Å²) in [4.78, 5) is 32.4. The molecule has 0 unspecified atom stereocenters. The molecule has 1 saturated heterocycles. The molecule has 6 nitrogen and oxygen atoms in total. The molecule has 4 rings (SSSR count). The van der Waals surface area contributed by atoms with E-state index in [-0.39, 0.29) is 11.7 Å². The van der Waals surface area contributed by atoms with Crippen LogP contribution in [0.25, 0.3) is 10.9 Å². The molecule has 6 heteroatoms. The monoisotopic (exact) mass is 321 g/mol. The van der Waals surface area contributed by atoms with Crippen LogP contribution in [0.5, 0.6) is 0 Å². The fourth-order valence-electron chi connectivity index (χ4n) is 2.83. The number of carbonyl (C=O) groups excluding carboxylic acids is 1. The highest BCUT2D eigenvalue weighted by atomic mass is 16.6. The van der Waals surface area contributed by atoms with Gasteiger partial charge >= 0.3 is 6.09 Å². The quantitative estimate of drug-likeness (QED) is 0.804. The summed E-state index contributed by atoms with van der Waals surface area (Å²) in [5, 5.41) is 0.997. The minimum absolute atomic E-state index is 0.0964. The van der Waals surface area contributed by atoms with Crippen LogP contribution in [-0.2, 0) is 11.2 Å². The van der Waals surface area contributed by atoms with Crippen molar-refractivity contribution >= 4 is 22.8 Å². The number of cyclic esters (lactones) is 1. The largest absolute Gasteiger partial charge is 0.447 e. The Morgan fingerprint density at radius 1 is 1.17 bits per heavy atom. The molecule has 1 aliphatic rings. The van der Waals surface area contributed by atoms with Gasteiger partial charge in [0.05, 0.1) is 6.54 Å². The molecular formula is C18H15N3O3. The molecule has 0 radical (unpaired) electrons. The van der Waals surface area contributed by atoms with Crippen molar-refractivity contribution in [1.29, 1.82) is 0 Å². The van der Waals surface area contributed by atoms with Crippen molar-refractivity contribution in [3.05, 3.63) is 70.1 Å². The molecule has 120 valence electrons. The summed E-state index contributed by atoms with van der Waals surface area (Å²) in [6.07, 6.45) is 1.80. The number of fused-ring (bicyclic) bond motifs is 1. The molecular weight excluding hydrogens is 306 g/mol. The highest BCUT2D eigenvalue weighted by Gasteiger charge is 2.24. The van der Waals surface area contributed by atoms with Crippen LogP contribution in [0, 0.1) is 0 Å². The average molecular weight is 321 g/mol. The lowest BCUT2D eigenvalue weighted by Crippen LogP contribution is -2.24. The van der Waals surface area contributed by atoms with Gasteiger partial charge in [-0.15, -0.1) is 0 Å². The van der Waals surface area contributed by atoms with Gasteiger partial charge < -0.3 is 9.72 Å². The van der Waals surface area contributed by atoms with Crippen LogP contribution < -0.4 is 10.5 Å². The highest BCUT2D eigenvalue weighted by molar-refractivity contribution is 5.88. The van der Waals surface area contributed by atoms with E-state index in [9.17, 15) is 9.59 Å². The Labute approximate surface area is 137 Å². The van der Waals surface area contributed by atoms with Crippen molar-refractivity contribution in [3.63, 3.8) is 0 Å². The van der Waals surface area contributed by atoms with Crippen LogP contribution in [0.1, 0.15) is 11.1 Å². The Kier molecular flexibility index (Phi) is 3.49. The number of rotatable bonds is 3. The zero-order valence-corrected chi connectivity index (χ0v) is 12.9. The normalized spacial score (nSPS) is 14.2. The lowest BCUT2D eigenvalue weighted by Gasteiger charge is -2.11. The van der Waals surface area contributed by atoms with Gasteiger partial charge in [-0.2, -0.15) is 0 Å². The number of benzene rings is 1. The first kappa shape index (κ1) is 14.4. The summed E-state index contributed by atoms with van der Waals surface area (Å²) in [6.45, 7) is 0.893. The number of aromatic nitrogens is 2. The molecule has 1 aliphatic heterocycles. The number of hydrogen-bond donors (Lipinski definition) is 1. The second-order valence-electron chi connectivity index (χ2n) is 5.68. The summed E-state index contributed by atoms with van der Waals surface area (Å²) in [5.74, 6) is 0.564. The molecule has 0 saturated carbocycles. The SMILES string of the molecule is O=C1OCCN1c1ccc(Cc2cc3ccccc3[nH]c2=O)cn1. The molecule has 1 N–H and O–H groups in total. The predicted molar refractivity (Wildman–Crippen MR) is 90.3 cm³/mol. The smallest absolute Gasteiger partial charge is 0.415 e. The summed E-state index contributed by atoms with van der Waals surface area (Å²) >= 11 is 0. The molecule has 3 heterocycles. The van der Waals surface area contributed by atoms with Crippen LogP contribution in [-0.4, -0.2) is 29.2 Å². The second kappa shape index (κ2) is 5.81. The van der Waals surface area contributed by atoms with Crippen molar-refractivity contribution in [2.24, 2.45) is 0 Å². The van der Waals surface area contributed by atoms with Crippen molar-refractivity contribution in [1.82, 2.24) is 9.97 Å². The molecule has 2 aromatic heterocycles. The Morgan fingerprint density at radius 3 is 2.79 bits per heavy atom. The van der Waals surface area contributed by atoms with Crippen LogP contribution in [0.15, 0.2) is 53.5 Å². The topological polar surface area (TPSA) is 75.3 Å². The molecule has 24 heavy (non-hydrogen) atoms. The fourth-order valence-corrected chi connectivity index (χ4v) is 2.83. The number of nitrogens with one attached hydrogen (secondary N) is 1. The first-order valence-electron chi connectivity index (χ1n) is 7.71. The van der Waals surface area contributed by atoms with Crippen molar-refractivity contribution in [2.45, 2.75) is 6.42 Å². The number of hydrogen-bond acceptors (Lipinski definition) is 4. The Bertz CT molecular complexity index is 963. The van der Waals surface area contributed by atoms with E-state index < -0.39 is 0 Å². The number of ether oxygens (including phenoxy) is 1. The maximum Gasteiger partial charge on any atom is 0.415 e. The van der Waals surface area contributed by atoms with E-state index in [1.54, 1.807) is 12.3 Å². The number of H-pyrrole nitrogens is 1. The minimum atomic E-state index is -0.374. The molecule has 0 spiro atoms. The van der Waals surface area contributed by atoms with Gasteiger partial charge in [0, 0.05) is 23.7 Å². The second-order valence-corrected chi connectivity index (χ2v) is 5.68. The lowest BCUT2D eigenvalue weighted by molar-refractivity contribution is 0.181. The molecule has 0 bridgehead atoms. The Hall–Kier alpha value is -3.15. The molecule has 3 aromatic rings. The summed E-state index contributed by atoms with van der Waals surface area (Å²) < 4.78 is 4.90. The van der Waals surface area contributed by atoms with Gasteiger partial charge in [-0.3, -0.25) is 9.69 Å². The summed E-state index contributed by atoms with van der Waals surface area (Å²) in [7, 11) is 0. The van der Waals surface area contributed by atoms with Crippen molar-refractivity contribution < 1.29 is 9.53 Å². The predicted octanol–water partition coefficient (Wildman–Crippen LogP) is 2.47. The third-order valence-corrected chi connectivity index (χ3v) is 4.07. The number of amides is 1. The Morgan fingerprint density at radius 2 is 2.04 bits per heavy atom. The number of carbonyl (C=O) groups is 1. The van der Waals surface area contributed by atoms with Crippen LogP contribution in [0.3, 0.4) is 0 Å². The van der Waals surface area contributed by atoms with Gasteiger partial charge in [0.1, 0.15) is 12.4 Å². The third kappa shape index (κ3) is 2.62. The first-order chi connectivity index (χ1) is 11.7. The number of para-hydroxylation sites is 1. The number of pyridine rings is 2. The molecule has 0 atom stereocenters. The lowest BCUT2D eigenvalue weighted by atomic mass is 10.1. The summed E-state index contributed by atoms with van der Waals surface area (Å²) in [5.41, 5.74) is 2.32. The number of anilines is 1. The van der Waals surface area contributed by atoms with E-state index in [2.05, 4.69) is 9.97 Å². The zero-order valence-electron chi connectivity index (χ0n) is 12.9. The van der Waals surface area contributed by atoms with E-state index in [1.165, 1.54) is 4.90 Å². The van der Waals surface area contributed by atoms with Crippen molar-refractivity contribution in [2.75, 3.05) is 18.1 Å². The maximum atomic E-state index is 12.2. The van der Waals surface area contributed by atoms with Crippen LogP contribution in [0.2, 0.25) is 0 Å². The van der Waals surface area contributed by atoms with E-state index in [0.717, 1.165) is 16.5 Å². The highest BCUT2D eigenvalue weighted by Crippen LogP contribution is 2.18. The molecule has 1 aromatic carbocycles. The third-order valence-electron chi connectivity index (χ3n) is 4.07. The van der Waals surface area contributed by atoms with Gasteiger partial charge in [0.15, 0.2) is 0 Å². The van der Waals surface area contributed by atoms with Crippen molar-refractivity contribution in [3.8, 4) is 0 Å². The standard InChI is InChI=1S/C18H15N3O3/c22-17-14(10-13-3-1-2-4-15(13)20-17)9-12-5-6-16(19-11-12)21-7-8-24-18(21)23/h1-6,10-11H,7-9H2,(H,20,22). The maximum absolute atomic E-state index is 12.2. The van der Waals surface area contributed by atoms with Gasteiger partial charge in [0.2, 0.25) is 0 Å². The van der Waals surface area contributed by atoms with E-state index in [0.29, 0.717) is 31.0 Å². The minimum Gasteiger partial charge on any atom is -0.447 e. The Balaban J connectivity index is 1.60. The van der Waals surface area contributed by atoms with E-state index in [4.69, 9.17) is 4.74 Å². The molecule has 0 aliphatic carbocycles. The van der Waals surface area contributed by atoms with E-state index in [1.807, 2.05) is 36.4 Å². The first-order valence-corrected chi connectivity index (χ1v) is 7.71. The van der Waals surface area contributed by atoms with Gasteiger partial charge in [0.25, 0.3) is 5.56 Å². The van der Waals surface area contributed by atoms with Gasteiger partial charge in [-0.1, -0.05) is 24.3 Å². The molecule has 1 fully saturated rings. The number of nitrogens with zero attached hydrogens (tertiary/aromatic N) is 2. The van der Waals surface area contributed by atoms with Gasteiger partial charge in [-0.05, 0) is 29.1 Å². The average Bonchev–Trinajstić information content (AvgIpc) is 3.02. The summed E-state index contributed by atoms with van der Waals surface area (Å²) in [6, 6.07) is 13.2. The molecule has 1 amide bonds. The fraction of sp³-hybridized carbons (Fsp3) is 0.167. The number of aromatic amines is 1.